The molecule has 68 valence electrons. The van der Waals surface area contributed by atoms with Gasteiger partial charge in [0.25, 0.3) is 0 Å². The monoisotopic (exact) mass is 224 g/mol. The summed E-state index contributed by atoms with van der Waals surface area (Å²) in [6, 6.07) is 0. The van der Waals surface area contributed by atoms with Gasteiger partial charge in [0.1, 0.15) is 0 Å². The lowest BCUT2D eigenvalue weighted by Crippen LogP contribution is -2.07. The zero-order valence-corrected chi connectivity index (χ0v) is 8.21. The van der Waals surface area contributed by atoms with Crippen LogP contribution < -0.4 is 0 Å². The highest BCUT2D eigenvalue weighted by Crippen LogP contribution is 2.19. The SMILES string of the molecule is [C-]#[N+]N=C1C=C(Cl)C(=NC#N)C=C1Cl. The summed E-state index contributed by atoms with van der Waals surface area (Å²) in [4.78, 5) is 6.26. The van der Waals surface area contributed by atoms with Gasteiger partial charge in [-0.15, -0.1) is 4.95 Å². The van der Waals surface area contributed by atoms with E-state index in [4.69, 9.17) is 35.0 Å². The van der Waals surface area contributed by atoms with E-state index < -0.39 is 0 Å². The van der Waals surface area contributed by atoms with Crippen LogP contribution in [-0.4, -0.2) is 11.4 Å². The van der Waals surface area contributed by atoms with Crippen LogP contribution in [0.25, 0.3) is 4.95 Å². The fourth-order valence-electron chi connectivity index (χ4n) is 0.796. The second-order valence-electron chi connectivity index (χ2n) is 2.17. The van der Waals surface area contributed by atoms with Gasteiger partial charge < -0.3 is 0 Å². The summed E-state index contributed by atoms with van der Waals surface area (Å²) in [5, 5.41) is 12.2. The fourth-order valence-corrected chi connectivity index (χ4v) is 1.19. The normalized spacial score (nSPS) is 21.1. The lowest BCUT2D eigenvalue weighted by atomic mass is 10.1. The van der Waals surface area contributed by atoms with E-state index in [1.807, 2.05) is 0 Å². The van der Waals surface area contributed by atoms with Gasteiger partial charge in [0.2, 0.25) is 6.19 Å². The Hall–Kier alpha value is -1.62. The van der Waals surface area contributed by atoms with Crippen LogP contribution >= 0.6 is 23.2 Å². The van der Waals surface area contributed by atoms with E-state index in [2.05, 4.69) is 15.0 Å². The van der Waals surface area contributed by atoms with Crippen molar-refractivity contribution in [3.8, 4) is 6.19 Å². The maximum absolute atomic E-state index is 8.32. The molecule has 0 saturated carbocycles. The highest BCUT2D eigenvalue weighted by atomic mass is 35.5. The van der Waals surface area contributed by atoms with Crippen LogP contribution in [0, 0.1) is 18.0 Å². The van der Waals surface area contributed by atoms with Crippen LogP contribution in [0.2, 0.25) is 0 Å². The molecule has 0 aromatic carbocycles. The van der Waals surface area contributed by atoms with Crippen LogP contribution in [0.1, 0.15) is 0 Å². The second-order valence-corrected chi connectivity index (χ2v) is 2.98. The zero-order valence-electron chi connectivity index (χ0n) is 6.70. The van der Waals surface area contributed by atoms with Crippen molar-refractivity contribution in [2.24, 2.45) is 10.1 Å². The Morgan fingerprint density at radius 3 is 2.43 bits per heavy atom. The molecule has 6 heteroatoms. The van der Waals surface area contributed by atoms with Crippen molar-refractivity contribution >= 4 is 34.6 Å². The molecule has 0 heterocycles. The maximum Gasteiger partial charge on any atom is 0.206 e. The summed E-state index contributed by atoms with van der Waals surface area (Å²) in [6.07, 6.45) is 4.37. The topological polar surface area (TPSA) is 52.9 Å². The minimum atomic E-state index is 0.235. The van der Waals surface area contributed by atoms with E-state index in [1.54, 1.807) is 6.19 Å². The molecule has 0 aromatic heterocycles. The Morgan fingerprint density at radius 2 is 1.86 bits per heavy atom. The van der Waals surface area contributed by atoms with E-state index in [-0.39, 0.29) is 21.5 Å². The Bertz CT molecular complexity index is 413. The molecule has 4 nitrogen and oxygen atoms in total. The number of hydrogen-bond acceptors (Lipinski definition) is 3. The molecule has 0 fully saturated rings. The molecule has 0 radical (unpaired) electrons. The van der Waals surface area contributed by atoms with Gasteiger partial charge in [0.05, 0.1) is 20.9 Å². The summed E-state index contributed by atoms with van der Waals surface area (Å²) in [5.41, 5.74) is 0.534. The first kappa shape index (κ1) is 10.5. The zero-order chi connectivity index (χ0) is 10.6. The van der Waals surface area contributed by atoms with E-state index in [9.17, 15) is 0 Å². The third kappa shape index (κ3) is 2.20. The molecule has 14 heavy (non-hydrogen) atoms. The lowest BCUT2D eigenvalue weighted by Gasteiger charge is -2.04. The van der Waals surface area contributed by atoms with Gasteiger partial charge in [-0.2, -0.15) is 16.8 Å². The third-order valence-corrected chi connectivity index (χ3v) is 1.95. The maximum atomic E-state index is 8.32. The summed E-state index contributed by atoms with van der Waals surface area (Å²) in [6.45, 7) is 6.52. The van der Waals surface area contributed by atoms with Gasteiger partial charge >= 0.3 is 0 Å². The van der Waals surface area contributed by atoms with E-state index in [1.165, 1.54) is 12.2 Å². The molecule has 0 aromatic rings. The van der Waals surface area contributed by atoms with E-state index in [0.29, 0.717) is 0 Å². The van der Waals surface area contributed by atoms with E-state index >= 15 is 0 Å². The highest BCUT2D eigenvalue weighted by molar-refractivity contribution is 6.55. The van der Waals surface area contributed by atoms with Crippen molar-refractivity contribution in [3.05, 3.63) is 33.7 Å². The number of nitrogens with zero attached hydrogens (tertiary/aromatic N) is 4. The first-order valence-corrected chi connectivity index (χ1v) is 4.11. The molecule has 0 unspecified atom stereocenters. The summed E-state index contributed by atoms with van der Waals surface area (Å²) in [7, 11) is 0. The molecule has 0 N–H and O–H groups in total. The molecule has 0 spiro atoms. The van der Waals surface area contributed by atoms with Gasteiger partial charge in [-0.3, -0.25) is 0 Å². The summed E-state index contributed by atoms with van der Waals surface area (Å²) < 4.78 is 0. The number of rotatable bonds is 0. The average Bonchev–Trinajstić information content (AvgIpc) is 2.14. The van der Waals surface area contributed by atoms with Gasteiger partial charge in [0.15, 0.2) is 5.71 Å². The molecule has 1 aliphatic rings. The molecule has 0 aliphatic heterocycles. The van der Waals surface area contributed by atoms with Crippen molar-refractivity contribution in [2.75, 3.05) is 0 Å². The first-order chi connectivity index (χ1) is 6.69. The highest BCUT2D eigenvalue weighted by Gasteiger charge is 2.16. The smallest absolute Gasteiger partial charge is 0.181 e. The van der Waals surface area contributed by atoms with Gasteiger partial charge in [-0.25, -0.2) is 0 Å². The number of halogens is 2. The quantitative estimate of drug-likeness (QED) is 0.270. The van der Waals surface area contributed by atoms with Crippen LogP contribution in [-0.2, 0) is 0 Å². The molecule has 0 saturated heterocycles. The first-order valence-electron chi connectivity index (χ1n) is 3.35. The third-order valence-electron chi connectivity index (χ3n) is 1.34. The van der Waals surface area contributed by atoms with E-state index in [0.717, 1.165) is 0 Å². The fraction of sp³-hybridized carbons (Fsp3) is 0. The molecular formula is C8H2Cl2N4. The van der Waals surface area contributed by atoms with Crippen LogP contribution in [0.5, 0.6) is 0 Å². The standard InChI is InChI=1S/C8H2Cl2N4/c1-12-14-8-3-5(9)7(13-4-11)2-6(8)10/h2-3H. The van der Waals surface area contributed by atoms with Crippen molar-refractivity contribution in [1.29, 1.82) is 5.26 Å². The Kier molecular flexibility index (Phi) is 3.41. The number of hydrogen-bond donors (Lipinski definition) is 0. The van der Waals surface area contributed by atoms with Crippen LogP contribution in [0.4, 0.5) is 0 Å². The minimum Gasteiger partial charge on any atom is -0.181 e. The average molecular weight is 225 g/mol. The molecule has 0 atom stereocenters. The lowest BCUT2D eigenvalue weighted by molar-refractivity contribution is 1.44. The largest absolute Gasteiger partial charge is 0.206 e. The number of aliphatic imine (C=N–C) groups is 1. The summed E-state index contributed by atoms with van der Waals surface area (Å²) >= 11 is 11.5. The van der Waals surface area contributed by atoms with Gasteiger partial charge in [-0.05, 0) is 12.2 Å². The Labute approximate surface area is 90.3 Å². The molecule has 0 amide bonds. The number of allylic oxidation sites excluding steroid dienone is 4. The molecular weight excluding hydrogens is 223 g/mol. The predicted octanol–water partition coefficient (Wildman–Crippen LogP) is 2.44. The summed E-state index contributed by atoms with van der Waals surface area (Å²) in [5.74, 6) is 0. The van der Waals surface area contributed by atoms with Crippen LogP contribution in [0.15, 0.2) is 32.3 Å². The van der Waals surface area contributed by atoms with Crippen molar-refractivity contribution in [2.45, 2.75) is 0 Å². The number of nitriles is 1. The minimum absolute atomic E-state index is 0.235. The molecule has 0 bridgehead atoms. The Balaban J connectivity index is 3.17. The van der Waals surface area contributed by atoms with Crippen molar-refractivity contribution in [3.63, 3.8) is 0 Å². The van der Waals surface area contributed by atoms with Crippen molar-refractivity contribution < 1.29 is 0 Å². The van der Waals surface area contributed by atoms with Crippen LogP contribution in [0.3, 0.4) is 0 Å². The molecule has 1 aliphatic carbocycles. The van der Waals surface area contributed by atoms with Gasteiger partial charge in [-0.1, -0.05) is 23.2 Å². The Morgan fingerprint density at radius 1 is 1.29 bits per heavy atom. The second kappa shape index (κ2) is 4.57. The predicted molar refractivity (Wildman–Crippen MR) is 55.0 cm³/mol. The van der Waals surface area contributed by atoms with Crippen molar-refractivity contribution in [1.82, 2.24) is 0 Å². The molecule has 1 rings (SSSR count). The van der Waals surface area contributed by atoms with Gasteiger partial charge in [0, 0.05) is 0 Å².